The van der Waals surface area contributed by atoms with Crippen molar-refractivity contribution in [2.75, 3.05) is 26.7 Å². The third-order valence-corrected chi connectivity index (χ3v) is 6.10. The Morgan fingerprint density at radius 1 is 1.28 bits per heavy atom. The van der Waals surface area contributed by atoms with Crippen molar-refractivity contribution < 1.29 is 17.9 Å². The molecule has 0 bridgehead atoms. The number of benzene rings is 1. The van der Waals surface area contributed by atoms with Crippen molar-refractivity contribution in [3.8, 4) is 0 Å². The molecule has 0 saturated heterocycles. The van der Waals surface area contributed by atoms with E-state index in [4.69, 9.17) is 5.73 Å². The average molecular weight is 406 g/mol. The van der Waals surface area contributed by atoms with Gasteiger partial charge in [0.05, 0.1) is 7.11 Å². The van der Waals surface area contributed by atoms with Crippen LogP contribution in [0.5, 0.6) is 0 Å². The first kappa shape index (κ1) is 21.5. The van der Waals surface area contributed by atoms with Gasteiger partial charge in [0.15, 0.2) is 5.69 Å². The average Bonchev–Trinajstić information content (AvgIpc) is 3.09. The fourth-order valence-corrected chi connectivity index (χ4v) is 4.72. The first-order valence-electron chi connectivity index (χ1n) is 7.27. The second kappa shape index (κ2) is 9.83. The number of nitrogens with zero attached hydrogens (tertiary/aromatic N) is 2. The van der Waals surface area contributed by atoms with Crippen molar-refractivity contribution in [2.24, 2.45) is 5.73 Å². The van der Waals surface area contributed by atoms with E-state index in [2.05, 4.69) is 9.11 Å². The number of carbonyl (C=O) groups excluding carboxylic acids is 1. The number of halogens is 1. The molecule has 1 aromatic carbocycles. The molecule has 0 aliphatic rings. The highest BCUT2D eigenvalue weighted by Crippen LogP contribution is 2.22. The van der Waals surface area contributed by atoms with Crippen LogP contribution in [-0.4, -0.2) is 49.8 Å². The van der Waals surface area contributed by atoms with Crippen molar-refractivity contribution in [3.63, 3.8) is 0 Å². The summed E-state index contributed by atoms with van der Waals surface area (Å²) in [5, 5.41) is 1.34. The van der Waals surface area contributed by atoms with Gasteiger partial charge in [-0.1, -0.05) is 30.3 Å². The zero-order chi connectivity index (χ0) is 17.6. The molecule has 10 heteroatoms. The molecule has 2 N–H and O–H groups in total. The third-order valence-electron chi connectivity index (χ3n) is 3.40. The van der Waals surface area contributed by atoms with Crippen LogP contribution in [0.1, 0.15) is 16.1 Å². The fourth-order valence-electron chi connectivity index (χ4n) is 2.18. The molecular formula is C15H20ClN3O4S2. The van der Waals surface area contributed by atoms with E-state index in [1.54, 1.807) is 0 Å². The monoisotopic (exact) mass is 405 g/mol. The lowest BCUT2D eigenvalue weighted by Gasteiger charge is -2.21. The van der Waals surface area contributed by atoms with Crippen LogP contribution in [0.4, 0.5) is 0 Å². The molecule has 0 aliphatic heterocycles. The third kappa shape index (κ3) is 5.23. The highest BCUT2D eigenvalue weighted by Gasteiger charge is 2.31. The van der Waals surface area contributed by atoms with E-state index in [1.807, 2.05) is 30.3 Å². The Kier molecular flexibility index (Phi) is 8.46. The number of carbonyl (C=O) groups is 1. The van der Waals surface area contributed by atoms with E-state index in [-0.39, 0.29) is 42.6 Å². The largest absolute Gasteiger partial charge is 0.464 e. The summed E-state index contributed by atoms with van der Waals surface area (Å²) in [6.45, 7) is 0.602. The van der Waals surface area contributed by atoms with Gasteiger partial charge in [0.1, 0.15) is 4.90 Å². The summed E-state index contributed by atoms with van der Waals surface area (Å²) in [6.07, 6.45) is 0.547. The van der Waals surface area contributed by atoms with Crippen LogP contribution in [0.3, 0.4) is 0 Å². The molecular weight excluding hydrogens is 386 g/mol. The van der Waals surface area contributed by atoms with Gasteiger partial charge in [-0.2, -0.15) is 8.68 Å². The molecule has 0 amide bonds. The number of aromatic nitrogens is 1. The van der Waals surface area contributed by atoms with Gasteiger partial charge in [-0.3, -0.25) is 0 Å². The van der Waals surface area contributed by atoms with Crippen molar-refractivity contribution >= 4 is 39.9 Å². The summed E-state index contributed by atoms with van der Waals surface area (Å²) in [6, 6.07) is 9.56. The molecule has 138 valence electrons. The summed E-state index contributed by atoms with van der Waals surface area (Å²) in [5.41, 5.74) is 6.39. The predicted molar refractivity (Wildman–Crippen MR) is 98.7 cm³/mol. The molecule has 0 spiro atoms. The molecule has 25 heavy (non-hydrogen) atoms. The number of methoxy groups -OCH3 is 1. The van der Waals surface area contributed by atoms with Crippen LogP contribution >= 0.6 is 23.9 Å². The minimum absolute atomic E-state index is 0. The van der Waals surface area contributed by atoms with Crippen molar-refractivity contribution in [2.45, 2.75) is 11.3 Å². The summed E-state index contributed by atoms with van der Waals surface area (Å²) >= 11 is 0.899. The standard InChI is InChI=1S/C15H19N3O4S2.ClH/c1-22-15(19)14-13(11-23-17-14)24(20,21)18(10-8-16)9-7-12-5-3-2-4-6-12;/h2-6,11H,7-10,16H2,1H3;1H. The molecule has 1 aromatic heterocycles. The maximum atomic E-state index is 12.9. The van der Waals surface area contributed by atoms with Gasteiger partial charge < -0.3 is 10.5 Å². The van der Waals surface area contributed by atoms with Crippen LogP contribution in [0.2, 0.25) is 0 Å². The van der Waals surface area contributed by atoms with Gasteiger partial charge in [-0.15, -0.1) is 12.4 Å². The van der Waals surface area contributed by atoms with Gasteiger partial charge >= 0.3 is 5.97 Å². The van der Waals surface area contributed by atoms with Crippen LogP contribution in [0.25, 0.3) is 0 Å². The molecule has 0 unspecified atom stereocenters. The van der Waals surface area contributed by atoms with Crippen LogP contribution < -0.4 is 5.73 Å². The highest BCUT2D eigenvalue weighted by atomic mass is 35.5. The molecule has 0 aliphatic carbocycles. The molecule has 0 saturated carbocycles. The number of sulfonamides is 1. The predicted octanol–water partition coefficient (Wildman–Crippen LogP) is 1.54. The van der Waals surface area contributed by atoms with Gasteiger partial charge in [-0.25, -0.2) is 13.2 Å². The lowest BCUT2D eigenvalue weighted by atomic mass is 10.1. The Morgan fingerprint density at radius 2 is 1.96 bits per heavy atom. The first-order chi connectivity index (χ1) is 11.5. The van der Waals surface area contributed by atoms with Gasteiger partial charge in [0.25, 0.3) is 0 Å². The Balaban J connectivity index is 0.00000312. The highest BCUT2D eigenvalue weighted by molar-refractivity contribution is 7.89. The van der Waals surface area contributed by atoms with E-state index in [1.165, 1.54) is 16.8 Å². The number of rotatable bonds is 8. The molecule has 0 radical (unpaired) electrons. The van der Waals surface area contributed by atoms with Crippen molar-refractivity contribution in [1.29, 1.82) is 0 Å². The van der Waals surface area contributed by atoms with Crippen LogP contribution in [0, 0.1) is 0 Å². The SMILES string of the molecule is COC(=O)c1nscc1S(=O)(=O)N(CCN)CCc1ccccc1.Cl. The van der Waals surface area contributed by atoms with Gasteiger partial charge in [0.2, 0.25) is 10.0 Å². The quantitative estimate of drug-likeness (QED) is 0.668. The summed E-state index contributed by atoms with van der Waals surface area (Å²) < 4.78 is 35.5. The molecule has 0 fully saturated rings. The normalized spacial score (nSPS) is 11.2. The molecule has 1 heterocycles. The number of hydrogen-bond acceptors (Lipinski definition) is 7. The van der Waals surface area contributed by atoms with Crippen molar-refractivity contribution in [1.82, 2.24) is 8.68 Å². The van der Waals surface area contributed by atoms with E-state index < -0.39 is 16.0 Å². The lowest BCUT2D eigenvalue weighted by molar-refractivity contribution is 0.0590. The molecule has 7 nitrogen and oxygen atoms in total. The number of esters is 1. The minimum atomic E-state index is -3.88. The molecule has 0 atom stereocenters. The second-order valence-corrected chi connectivity index (χ2v) is 7.48. The molecule has 2 aromatic rings. The topological polar surface area (TPSA) is 103 Å². The van der Waals surface area contributed by atoms with E-state index in [0.717, 1.165) is 17.1 Å². The zero-order valence-electron chi connectivity index (χ0n) is 13.6. The summed E-state index contributed by atoms with van der Waals surface area (Å²) in [4.78, 5) is 11.6. The number of nitrogens with two attached hydrogens (primary N) is 1. The summed E-state index contributed by atoms with van der Waals surface area (Å²) in [5.74, 6) is -0.773. The number of hydrogen-bond donors (Lipinski definition) is 1. The van der Waals surface area contributed by atoms with E-state index >= 15 is 0 Å². The van der Waals surface area contributed by atoms with Gasteiger partial charge in [-0.05, 0) is 23.5 Å². The first-order valence-corrected chi connectivity index (χ1v) is 9.55. The Morgan fingerprint density at radius 3 is 2.56 bits per heavy atom. The van der Waals surface area contributed by atoms with E-state index in [9.17, 15) is 13.2 Å². The smallest absolute Gasteiger partial charge is 0.359 e. The number of ether oxygens (including phenoxy) is 1. The molecule has 2 rings (SSSR count). The van der Waals surface area contributed by atoms with E-state index in [0.29, 0.717) is 6.42 Å². The maximum absolute atomic E-state index is 12.9. The Hall–Kier alpha value is -1.52. The lowest BCUT2D eigenvalue weighted by Crippen LogP contribution is -2.37. The van der Waals surface area contributed by atoms with Crippen molar-refractivity contribution in [3.05, 3.63) is 47.0 Å². The van der Waals surface area contributed by atoms with Crippen LogP contribution in [0.15, 0.2) is 40.6 Å². The minimum Gasteiger partial charge on any atom is -0.464 e. The zero-order valence-corrected chi connectivity index (χ0v) is 16.1. The summed E-state index contributed by atoms with van der Waals surface area (Å²) in [7, 11) is -2.69. The second-order valence-electron chi connectivity index (χ2n) is 4.95. The fraction of sp³-hybridized carbons (Fsp3) is 0.333. The van der Waals surface area contributed by atoms with Gasteiger partial charge in [0, 0.05) is 25.0 Å². The Labute approximate surface area is 157 Å². The maximum Gasteiger partial charge on any atom is 0.359 e. The Bertz CT molecular complexity index is 781. The van der Waals surface area contributed by atoms with Crippen LogP contribution in [-0.2, 0) is 21.2 Å².